The minimum Gasteiger partial charge on any atom is -0.376 e. The van der Waals surface area contributed by atoms with E-state index in [1.807, 2.05) is 0 Å². The minimum atomic E-state index is -0.292. The van der Waals surface area contributed by atoms with Gasteiger partial charge >= 0.3 is 0 Å². The largest absolute Gasteiger partial charge is 0.376 e. The molecule has 1 amide bonds. The van der Waals surface area contributed by atoms with Crippen molar-refractivity contribution in [1.29, 1.82) is 0 Å². The zero-order valence-electron chi connectivity index (χ0n) is 12.8. The number of hydrogen-bond acceptors (Lipinski definition) is 5. The van der Waals surface area contributed by atoms with Crippen molar-refractivity contribution >= 4 is 28.1 Å². The first-order valence-electron chi connectivity index (χ1n) is 7.51. The molecule has 2 N–H and O–H groups in total. The maximum Gasteiger partial charge on any atom is 0.263 e. The Morgan fingerprint density at radius 1 is 1.43 bits per heavy atom. The van der Waals surface area contributed by atoms with Crippen LogP contribution in [0.2, 0.25) is 0 Å². The number of aromatic nitrogens is 1. The predicted molar refractivity (Wildman–Crippen MR) is 87.8 cm³/mol. The lowest BCUT2D eigenvalue weighted by molar-refractivity contribution is 0.0860. The molecule has 1 fully saturated rings. The Balaban J connectivity index is 1.62. The summed E-state index contributed by atoms with van der Waals surface area (Å²) in [5.74, 6) is -0.428. The second-order valence-electron chi connectivity index (χ2n) is 5.41. The first kappa shape index (κ1) is 15.9. The molecule has 0 spiro atoms. The summed E-state index contributed by atoms with van der Waals surface area (Å²) in [6.45, 7) is 3.09. The van der Waals surface area contributed by atoms with Gasteiger partial charge in [0.05, 0.1) is 11.8 Å². The fourth-order valence-electron chi connectivity index (χ4n) is 2.41. The third-order valence-electron chi connectivity index (χ3n) is 3.61. The van der Waals surface area contributed by atoms with Crippen LogP contribution in [0.15, 0.2) is 24.3 Å². The molecule has 23 heavy (non-hydrogen) atoms. The SMILES string of the molecule is Cc1nc(Nc2ccc(F)cc2)sc1C(=O)NC[C@@H]1CCCO1. The summed E-state index contributed by atoms with van der Waals surface area (Å²) in [6, 6.07) is 6.00. The topological polar surface area (TPSA) is 63.2 Å². The number of rotatable bonds is 5. The van der Waals surface area contributed by atoms with Gasteiger partial charge in [0.25, 0.3) is 5.91 Å². The van der Waals surface area contributed by atoms with Crippen molar-refractivity contribution in [3.05, 3.63) is 40.7 Å². The molecular formula is C16H18FN3O2S. The van der Waals surface area contributed by atoms with Crippen molar-refractivity contribution in [3.8, 4) is 0 Å². The van der Waals surface area contributed by atoms with E-state index < -0.39 is 0 Å². The number of nitrogens with zero attached hydrogens (tertiary/aromatic N) is 1. The second kappa shape index (κ2) is 7.06. The van der Waals surface area contributed by atoms with Crippen molar-refractivity contribution in [3.63, 3.8) is 0 Å². The molecule has 0 aliphatic carbocycles. The van der Waals surface area contributed by atoms with Crippen LogP contribution in [-0.2, 0) is 4.74 Å². The molecule has 0 saturated carbocycles. The minimum absolute atomic E-state index is 0.115. The lowest BCUT2D eigenvalue weighted by Crippen LogP contribution is -2.31. The molecule has 2 aromatic rings. The smallest absolute Gasteiger partial charge is 0.263 e. The van der Waals surface area contributed by atoms with E-state index in [1.54, 1.807) is 19.1 Å². The van der Waals surface area contributed by atoms with E-state index in [9.17, 15) is 9.18 Å². The van der Waals surface area contributed by atoms with E-state index in [0.717, 1.165) is 25.1 Å². The Morgan fingerprint density at radius 2 is 2.22 bits per heavy atom. The molecule has 1 aliphatic rings. The van der Waals surface area contributed by atoms with Crippen LogP contribution in [-0.4, -0.2) is 30.1 Å². The van der Waals surface area contributed by atoms with Gasteiger partial charge in [0.15, 0.2) is 5.13 Å². The van der Waals surface area contributed by atoms with Gasteiger partial charge < -0.3 is 15.4 Å². The normalized spacial score (nSPS) is 17.2. The first-order chi connectivity index (χ1) is 11.1. The predicted octanol–water partition coefficient (Wildman–Crippen LogP) is 3.24. The van der Waals surface area contributed by atoms with Gasteiger partial charge in [0.1, 0.15) is 10.7 Å². The van der Waals surface area contributed by atoms with Crippen molar-refractivity contribution < 1.29 is 13.9 Å². The van der Waals surface area contributed by atoms with Crippen LogP contribution in [0.25, 0.3) is 0 Å². The van der Waals surface area contributed by atoms with Crippen molar-refractivity contribution in [2.24, 2.45) is 0 Å². The monoisotopic (exact) mass is 335 g/mol. The molecular weight excluding hydrogens is 317 g/mol. The van der Waals surface area contributed by atoms with E-state index >= 15 is 0 Å². The number of benzene rings is 1. The highest BCUT2D eigenvalue weighted by Crippen LogP contribution is 2.26. The molecule has 1 aromatic heterocycles. The summed E-state index contributed by atoms with van der Waals surface area (Å²) in [5, 5.41) is 6.58. The third kappa shape index (κ3) is 4.05. The molecule has 122 valence electrons. The van der Waals surface area contributed by atoms with Crippen LogP contribution in [0.3, 0.4) is 0 Å². The van der Waals surface area contributed by atoms with Crippen molar-refractivity contribution in [2.75, 3.05) is 18.5 Å². The van der Waals surface area contributed by atoms with Gasteiger partial charge in [-0.05, 0) is 44.0 Å². The van der Waals surface area contributed by atoms with Gasteiger partial charge in [-0.2, -0.15) is 0 Å². The average Bonchev–Trinajstić information content (AvgIpc) is 3.17. The number of ether oxygens (including phenoxy) is 1. The van der Waals surface area contributed by atoms with Gasteiger partial charge in [0, 0.05) is 18.8 Å². The number of carbonyl (C=O) groups is 1. The molecule has 1 atom stereocenters. The van der Waals surface area contributed by atoms with Crippen LogP contribution in [0.5, 0.6) is 0 Å². The average molecular weight is 335 g/mol. The van der Waals surface area contributed by atoms with Crippen LogP contribution in [0.4, 0.5) is 15.2 Å². The number of anilines is 2. The molecule has 5 nitrogen and oxygen atoms in total. The summed E-state index contributed by atoms with van der Waals surface area (Å²) >= 11 is 1.28. The van der Waals surface area contributed by atoms with E-state index in [1.165, 1.54) is 23.5 Å². The van der Waals surface area contributed by atoms with Crippen molar-refractivity contribution in [2.45, 2.75) is 25.9 Å². The molecule has 1 aromatic carbocycles. The Kier molecular flexibility index (Phi) is 4.88. The van der Waals surface area contributed by atoms with Crippen LogP contribution >= 0.6 is 11.3 Å². The lowest BCUT2D eigenvalue weighted by atomic mass is 10.2. The molecule has 2 heterocycles. The summed E-state index contributed by atoms with van der Waals surface area (Å²) in [6.07, 6.45) is 2.15. The quantitative estimate of drug-likeness (QED) is 0.880. The zero-order chi connectivity index (χ0) is 16.2. The van der Waals surface area contributed by atoms with Crippen LogP contribution in [0, 0.1) is 12.7 Å². The number of halogens is 1. The van der Waals surface area contributed by atoms with E-state index in [4.69, 9.17) is 4.74 Å². The fraction of sp³-hybridized carbons (Fsp3) is 0.375. The number of aryl methyl sites for hydroxylation is 1. The van der Waals surface area contributed by atoms with Gasteiger partial charge in [0.2, 0.25) is 0 Å². The zero-order valence-corrected chi connectivity index (χ0v) is 13.6. The Morgan fingerprint density at radius 3 is 2.91 bits per heavy atom. The number of amides is 1. The molecule has 3 rings (SSSR count). The number of carbonyl (C=O) groups excluding carboxylic acids is 1. The van der Waals surface area contributed by atoms with Gasteiger partial charge in [-0.25, -0.2) is 9.37 Å². The van der Waals surface area contributed by atoms with Gasteiger partial charge in [-0.3, -0.25) is 4.79 Å². The molecule has 0 unspecified atom stereocenters. The molecule has 0 radical (unpaired) electrons. The van der Waals surface area contributed by atoms with Crippen LogP contribution in [0.1, 0.15) is 28.2 Å². The highest BCUT2D eigenvalue weighted by atomic mass is 32.1. The van der Waals surface area contributed by atoms with E-state index in [2.05, 4.69) is 15.6 Å². The third-order valence-corrected chi connectivity index (χ3v) is 4.68. The van der Waals surface area contributed by atoms with E-state index in [0.29, 0.717) is 22.2 Å². The summed E-state index contributed by atoms with van der Waals surface area (Å²) in [5.41, 5.74) is 1.40. The summed E-state index contributed by atoms with van der Waals surface area (Å²) < 4.78 is 18.4. The standard InChI is InChI=1S/C16H18FN3O2S/c1-10-14(15(21)18-9-13-3-2-8-22-13)23-16(19-10)20-12-6-4-11(17)5-7-12/h4-7,13H,2-3,8-9H2,1H3,(H,18,21)(H,19,20)/t13-/m0/s1. The maximum absolute atomic E-state index is 12.9. The summed E-state index contributed by atoms with van der Waals surface area (Å²) in [4.78, 5) is 17.2. The second-order valence-corrected chi connectivity index (χ2v) is 6.41. The van der Waals surface area contributed by atoms with Gasteiger partial charge in [-0.15, -0.1) is 0 Å². The molecule has 1 aliphatic heterocycles. The maximum atomic E-state index is 12.9. The highest BCUT2D eigenvalue weighted by Gasteiger charge is 2.19. The highest BCUT2D eigenvalue weighted by molar-refractivity contribution is 7.17. The fourth-order valence-corrected chi connectivity index (χ4v) is 3.31. The Labute approximate surface area is 137 Å². The number of thiazole rings is 1. The van der Waals surface area contributed by atoms with Crippen molar-refractivity contribution in [1.82, 2.24) is 10.3 Å². The summed E-state index contributed by atoms with van der Waals surface area (Å²) in [7, 11) is 0. The van der Waals surface area contributed by atoms with Crippen LogP contribution < -0.4 is 10.6 Å². The number of nitrogens with one attached hydrogen (secondary N) is 2. The van der Waals surface area contributed by atoms with Gasteiger partial charge in [-0.1, -0.05) is 11.3 Å². The lowest BCUT2D eigenvalue weighted by Gasteiger charge is -2.09. The molecule has 1 saturated heterocycles. The Bertz CT molecular complexity index is 681. The van der Waals surface area contributed by atoms with E-state index in [-0.39, 0.29) is 17.8 Å². The first-order valence-corrected chi connectivity index (χ1v) is 8.33. The molecule has 7 heteroatoms. The molecule has 0 bridgehead atoms. The Hall–Kier alpha value is -1.99. The number of hydrogen-bond donors (Lipinski definition) is 2.